The Morgan fingerprint density at radius 3 is 2.50 bits per heavy atom. The summed E-state index contributed by atoms with van der Waals surface area (Å²) in [6.07, 6.45) is 0.727. The van der Waals surface area contributed by atoms with Crippen LogP contribution in [0.2, 0.25) is 5.02 Å². The summed E-state index contributed by atoms with van der Waals surface area (Å²) >= 11 is 5.92. The first-order valence-electron chi connectivity index (χ1n) is 9.06. The molecule has 0 saturated heterocycles. The van der Waals surface area contributed by atoms with E-state index < -0.39 is 10.2 Å². The molecule has 0 aliphatic carbocycles. The van der Waals surface area contributed by atoms with Crippen molar-refractivity contribution >= 4 is 21.8 Å². The van der Waals surface area contributed by atoms with E-state index in [9.17, 15) is 8.42 Å². The SMILES string of the molecule is CN(Cc1ccc(-c2ccc(Cl)cc2)o1)S(=O)(=O)N1CCc2ccccc2C1. The zero-order valence-electron chi connectivity index (χ0n) is 15.5. The van der Waals surface area contributed by atoms with Crippen LogP contribution >= 0.6 is 11.6 Å². The summed E-state index contributed by atoms with van der Waals surface area (Å²) in [6, 6.07) is 19.0. The van der Waals surface area contributed by atoms with Gasteiger partial charge in [0, 0.05) is 30.7 Å². The average Bonchev–Trinajstić information content (AvgIpc) is 3.16. The molecule has 3 aromatic rings. The molecule has 1 aliphatic heterocycles. The lowest BCUT2D eigenvalue weighted by Crippen LogP contribution is -2.43. The molecule has 0 radical (unpaired) electrons. The number of nitrogens with zero attached hydrogens (tertiary/aromatic N) is 2. The quantitative estimate of drug-likeness (QED) is 0.621. The van der Waals surface area contributed by atoms with Gasteiger partial charge in [0.05, 0.1) is 6.54 Å². The summed E-state index contributed by atoms with van der Waals surface area (Å²) in [6.45, 7) is 1.06. The van der Waals surface area contributed by atoms with Gasteiger partial charge in [-0.25, -0.2) is 0 Å². The molecule has 28 heavy (non-hydrogen) atoms. The minimum Gasteiger partial charge on any atom is -0.460 e. The van der Waals surface area contributed by atoms with Crippen LogP contribution in [0.4, 0.5) is 0 Å². The Morgan fingerprint density at radius 1 is 1.04 bits per heavy atom. The first-order valence-corrected chi connectivity index (χ1v) is 10.8. The Labute approximate surface area is 170 Å². The van der Waals surface area contributed by atoms with Crippen molar-refractivity contribution in [2.45, 2.75) is 19.5 Å². The van der Waals surface area contributed by atoms with Gasteiger partial charge in [-0.3, -0.25) is 0 Å². The van der Waals surface area contributed by atoms with Crippen LogP contribution in [0.25, 0.3) is 11.3 Å². The van der Waals surface area contributed by atoms with Crippen molar-refractivity contribution < 1.29 is 12.8 Å². The minimum absolute atomic E-state index is 0.175. The normalized spacial score (nSPS) is 15.0. The molecule has 0 atom stereocenters. The highest BCUT2D eigenvalue weighted by molar-refractivity contribution is 7.86. The summed E-state index contributed by atoms with van der Waals surface area (Å²) in [4.78, 5) is 0. The Morgan fingerprint density at radius 2 is 1.75 bits per heavy atom. The lowest BCUT2D eigenvalue weighted by atomic mass is 10.0. The summed E-state index contributed by atoms with van der Waals surface area (Å²) in [5.41, 5.74) is 3.18. The smallest absolute Gasteiger partial charge is 0.282 e. The predicted octanol–water partition coefficient (Wildman–Crippen LogP) is 4.33. The molecule has 4 rings (SSSR count). The van der Waals surface area contributed by atoms with Gasteiger partial charge >= 0.3 is 0 Å². The number of fused-ring (bicyclic) bond motifs is 1. The van der Waals surface area contributed by atoms with Crippen LogP contribution in [-0.2, 0) is 29.7 Å². The van der Waals surface area contributed by atoms with Crippen LogP contribution in [0, 0.1) is 0 Å². The van der Waals surface area contributed by atoms with E-state index in [2.05, 4.69) is 6.07 Å². The summed E-state index contributed by atoms with van der Waals surface area (Å²) in [5.74, 6) is 1.28. The molecular formula is C21H21ClN2O3S. The van der Waals surface area contributed by atoms with E-state index in [1.54, 1.807) is 19.2 Å². The minimum atomic E-state index is -3.57. The van der Waals surface area contributed by atoms with Gasteiger partial charge < -0.3 is 4.42 Å². The van der Waals surface area contributed by atoms with Crippen molar-refractivity contribution in [1.82, 2.24) is 8.61 Å². The topological polar surface area (TPSA) is 53.8 Å². The predicted molar refractivity (Wildman–Crippen MR) is 110 cm³/mol. The fraction of sp³-hybridized carbons (Fsp3) is 0.238. The second-order valence-electron chi connectivity index (χ2n) is 6.89. The molecule has 1 aromatic heterocycles. The van der Waals surface area contributed by atoms with E-state index in [1.807, 2.05) is 42.5 Å². The van der Waals surface area contributed by atoms with Gasteiger partial charge in [-0.1, -0.05) is 35.9 Å². The number of benzene rings is 2. The summed E-state index contributed by atoms with van der Waals surface area (Å²) in [7, 11) is -1.99. The zero-order chi connectivity index (χ0) is 19.7. The Kier molecular flexibility index (Phi) is 5.29. The van der Waals surface area contributed by atoms with E-state index in [4.69, 9.17) is 16.0 Å². The van der Waals surface area contributed by atoms with Crippen LogP contribution in [0.1, 0.15) is 16.9 Å². The number of rotatable bonds is 5. The zero-order valence-corrected chi connectivity index (χ0v) is 17.1. The Balaban J connectivity index is 1.47. The van der Waals surface area contributed by atoms with E-state index >= 15 is 0 Å². The average molecular weight is 417 g/mol. The molecule has 0 bridgehead atoms. The highest BCUT2D eigenvalue weighted by Crippen LogP contribution is 2.26. The first-order chi connectivity index (χ1) is 13.4. The third-order valence-electron chi connectivity index (χ3n) is 4.98. The van der Waals surface area contributed by atoms with E-state index in [-0.39, 0.29) is 6.54 Å². The van der Waals surface area contributed by atoms with Gasteiger partial charge in [0.2, 0.25) is 0 Å². The standard InChI is InChI=1S/C21H21ClN2O3S/c1-23(15-20-10-11-21(27-20)17-6-8-19(22)9-7-17)28(25,26)24-13-12-16-4-2-3-5-18(16)14-24/h2-11H,12-15H2,1H3. The monoisotopic (exact) mass is 416 g/mol. The molecule has 146 valence electrons. The van der Waals surface area contributed by atoms with Crippen LogP contribution in [-0.4, -0.2) is 30.6 Å². The second kappa shape index (κ2) is 7.72. The molecule has 1 aliphatic rings. The van der Waals surface area contributed by atoms with Gasteiger partial charge in [0.25, 0.3) is 10.2 Å². The van der Waals surface area contributed by atoms with Crippen molar-refractivity contribution in [3.05, 3.63) is 82.6 Å². The number of hydrogen-bond acceptors (Lipinski definition) is 3. The molecule has 2 heterocycles. The van der Waals surface area contributed by atoms with Crippen molar-refractivity contribution in [3.63, 3.8) is 0 Å². The number of halogens is 1. The Bertz CT molecular complexity index is 1080. The van der Waals surface area contributed by atoms with Crippen LogP contribution < -0.4 is 0 Å². The molecule has 0 N–H and O–H groups in total. The van der Waals surface area contributed by atoms with Crippen LogP contribution in [0.15, 0.2) is 65.1 Å². The molecule has 2 aromatic carbocycles. The fourth-order valence-corrected chi connectivity index (χ4v) is 4.83. The highest BCUT2D eigenvalue weighted by Gasteiger charge is 2.30. The molecule has 0 unspecified atom stereocenters. The highest BCUT2D eigenvalue weighted by atomic mass is 35.5. The third kappa shape index (κ3) is 3.86. The molecule has 5 nitrogen and oxygen atoms in total. The van der Waals surface area contributed by atoms with E-state index in [0.29, 0.717) is 29.6 Å². The Hall–Kier alpha value is -2.12. The van der Waals surface area contributed by atoms with Gasteiger partial charge in [-0.15, -0.1) is 0 Å². The molecule has 0 spiro atoms. The molecule has 0 amide bonds. The van der Waals surface area contributed by atoms with Crippen molar-refractivity contribution in [2.24, 2.45) is 0 Å². The van der Waals surface area contributed by atoms with Gasteiger partial charge in [0.15, 0.2) is 0 Å². The maximum Gasteiger partial charge on any atom is 0.282 e. The fourth-order valence-electron chi connectivity index (χ4n) is 3.40. The third-order valence-corrected chi connectivity index (χ3v) is 7.12. The van der Waals surface area contributed by atoms with Gasteiger partial charge in [-0.05, 0) is 53.9 Å². The maximum absolute atomic E-state index is 13.0. The molecule has 0 fully saturated rings. The second-order valence-corrected chi connectivity index (χ2v) is 9.36. The van der Waals surface area contributed by atoms with Crippen LogP contribution in [0.3, 0.4) is 0 Å². The largest absolute Gasteiger partial charge is 0.460 e. The van der Waals surface area contributed by atoms with Gasteiger partial charge in [0.1, 0.15) is 11.5 Å². The lowest BCUT2D eigenvalue weighted by molar-refractivity contribution is 0.330. The van der Waals surface area contributed by atoms with Crippen molar-refractivity contribution in [2.75, 3.05) is 13.6 Å². The van der Waals surface area contributed by atoms with E-state index in [0.717, 1.165) is 17.5 Å². The summed E-state index contributed by atoms with van der Waals surface area (Å²) in [5, 5.41) is 0.657. The number of furan rings is 1. The first kappa shape index (κ1) is 19.2. The number of hydrogen-bond donors (Lipinski definition) is 0. The van der Waals surface area contributed by atoms with Crippen molar-refractivity contribution in [1.29, 1.82) is 0 Å². The molecular weight excluding hydrogens is 396 g/mol. The lowest BCUT2D eigenvalue weighted by Gasteiger charge is -2.31. The van der Waals surface area contributed by atoms with Crippen molar-refractivity contribution in [3.8, 4) is 11.3 Å². The molecule has 0 saturated carbocycles. The summed E-state index contributed by atoms with van der Waals surface area (Å²) < 4.78 is 34.7. The van der Waals surface area contributed by atoms with Gasteiger partial charge in [-0.2, -0.15) is 17.0 Å². The van der Waals surface area contributed by atoms with E-state index in [1.165, 1.54) is 14.2 Å². The molecule has 7 heteroatoms. The maximum atomic E-state index is 13.0. The van der Waals surface area contributed by atoms with Crippen LogP contribution in [0.5, 0.6) is 0 Å².